The summed E-state index contributed by atoms with van der Waals surface area (Å²) in [5, 5.41) is 5.08. The Kier molecular flexibility index (Phi) is 5.89. The molecule has 4 aromatic rings. The zero-order valence-electron chi connectivity index (χ0n) is 17.1. The summed E-state index contributed by atoms with van der Waals surface area (Å²) in [4.78, 5) is 4.61. The van der Waals surface area contributed by atoms with Gasteiger partial charge in [0, 0.05) is 22.7 Å². The van der Waals surface area contributed by atoms with E-state index in [2.05, 4.69) is 10.1 Å². The standard InChI is InChI=1S/C23H21ClF2N4O/c1-3-20(27)17-8-14(25)9-19(24)18(17)12-31-22-6-4-5-16-21(7-13(2)29-23(16)22)30-11-15(26)10-28-30/h4-11,20H,3,12,27H2,1-2H3. The number of nitrogens with two attached hydrogens (primary N) is 1. The van der Waals surface area contributed by atoms with E-state index in [1.54, 1.807) is 6.07 Å². The SMILES string of the molecule is CCC(N)c1cc(F)cc(Cl)c1COc1cccc2c(-n3cc(F)cn3)cc(C)nc12. The third-order valence-corrected chi connectivity index (χ3v) is 5.45. The van der Waals surface area contributed by atoms with Crippen molar-refractivity contribution in [2.75, 3.05) is 0 Å². The summed E-state index contributed by atoms with van der Waals surface area (Å²) in [6.07, 6.45) is 3.08. The Morgan fingerprint density at radius 3 is 2.71 bits per heavy atom. The molecule has 0 bridgehead atoms. The van der Waals surface area contributed by atoms with E-state index in [-0.39, 0.29) is 17.7 Å². The second-order valence-electron chi connectivity index (χ2n) is 7.30. The second-order valence-corrected chi connectivity index (χ2v) is 7.70. The van der Waals surface area contributed by atoms with Gasteiger partial charge in [0.25, 0.3) is 0 Å². The number of nitrogens with zero attached hydrogens (tertiary/aromatic N) is 3. The van der Waals surface area contributed by atoms with Crippen molar-refractivity contribution in [1.29, 1.82) is 0 Å². The van der Waals surface area contributed by atoms with Gasteiger partial charge < -0.3 is 10.5 Å². The molecule has 1 atom stereocenters. The third-order valence-electron chi connectivity index (χ3n) is 5.11. The van der Waals surface area contributed by atoms with Crippen LogP contribution in [0.15, 0.2) is 48.8 Å². The minimum absolute atomic E-state index is 0.0998. The highest BCUT2D eigenvalue weighted by atomic mass is 35.5. The lowest BCUT2D eigenvalue weighted by molar-refractivity contribution is 0.307. The lowest BCUT2D eigenvalue weighted by atomic mass is 9.99. The normalized spacial score (nSPS) is 12.3. The first kappa shape index (κ1) is 21.2. The number of ether oxygens (including phenoxy) is 1. The van der Waals surface area contributed by atoms with Gasteiger partial charge in [-0.25, -0.2) is 18.4 Å². The average molecular weight is 443 g/mol. The molecule has 2 N–H and O–H groups in total. The molecule has 2 aromatic heterocycles. The number of fused-ring (bicyclic) bond motifs is 1. The topological polar surface area (TPSA) is 66.0 Å². The summed E-state index contributed by atoms with van der Waals surface area (Å²) in [5.74, 6) is -0.349. The highest BCUT2D eigenvalue weighted by Crippen LogP contribution is 2.32. The summed E-state index contributed by atoms with van der Waals surface area (Å²) < 4.78 is 35.0. The minimum Gasteiger partial charge on any atom is -0.487 e. The molecule has 4 rings (SSSR count). The van der Waals surface area contributed by atoms with E-state index in [0.29, 0.717) is 34.5 Å². The number of pyridine rings is 1. The van der Waals surface area contributed by atoms with Crippen molar-refractivity contribution in [2.24, 2.45) is 5.73 Å². The smallest absolute Gasteiger partial charge is 0.161 e. The lowest BCUT2D eigenvalue weighted by Crippen LogP contribution is -2.14. The van der Waals surface area contributed by atoms with Crippen molar-refractivity contribution in [2.45, 2.75) is 32.9 Å². The molecule has 0 aliphatic heterocycles. The molecule has 1 unspecified atom stereocenters. The molecule has 2 heterocycles. The lowest BCUT2D eigenvalue weighted by Gasteiger charge is -2.18. The van der Waals surface area contributed by atoms with Crippen molar-refractivity contribution in [1.82, 2.24) is 14.8 Å². The Labute approximate surface area is 183 Å². The van der Waals surface area contributed by atoms with Gasteiger partial charge in [-0.15, -0.1) is 0 Å². The highest BCUT2D eigenvalue weighted by molar-refractivity contribution is 6.31. The van der Waals surface area contributed by atoms with Gasteiger partial charge in [0.2, 0.25) is 0 Å². The van der Waals surface area contributed by atoms with E-state index in [1.807, 2.05) is 32.0 Å². The van der Waals surface area contributed by atoms with Crippen molar-refractivity contribution < 1.29 is 13.5 Å². The first-order valence-corrected chi connectivity index (χ1v) is 10.2. The Bertz CT molecular complexity index is 1260. The van der Waals surface area contributed by atoms with Crippen molar-refractivity contribution >= 4 is 22.5 Å². The molecule has 0 saturated carbocycles. The number of benzene rings is 2. The van der Waals surface area contributed by atoms with Crippen LogP contribution in [0.3, 0.4) is 0 Å². The van der Waals surface area contributed by atoms with Gasteiger partial charge in [0.15, 0.2) is 5.82 Å². The van der Waals surface area contributed by atoms with Gasteiger partial charge in [-0.05, 0) is 43.2 Å². The molecular formula is C23H21ClF2N4O. The van der Waals surface area contributed by atoms with Crippen molar-refractivity contribution in [3.8, 4) is 11.4 Å². The Morgan fingerprint density at radius 1 is 1.19 bits per heavy atom. The monoisotopic (exact) mass is 442 g/mol. The summed E-state index contributed by atoms with van der Waals surface area (Å²) in [6, 6.07) is 9.60. The number of halogens is 3. The summed E-state index contributed by atoms with van der Waals surface area (Å²) in [7, 11) is 0. The number of hydrogen-bond donors (Lipinski definition) is 1. The van der Waals surface area contributed by atoms with E-state index in [4.69, 9.17) is 22.1 Å². The highest BCUT2D eigenvalue weighted by Gasteiger charge is 2.17. The fourth-order valence-electron chi connectivity index (χ4n) is 3.54. The van der Waals surface area contributed by atoms with E-state index in [9.17, 15) is 8.78 Å². The van der Waals surface area contributed by atoms with Crippen LogP contribution in [0.2, 0.25) is 5.02 Å². The maximum absolute atomic E-state index is 13.9. The molecule has 0 spiro atoms. The molecule has 0 radical (unpaired) electrons. The molecule has 0 aliphatic carbocycles. The maximum Gasteiger partial charge on any atom is 0.161 e. The zero-order chi connectivity index (χ0) is 22.1. The number of rotatable bonds is 6. The first-order chi connectivity index (χ1) is 14.9. The van der Waals surface area contributed by atoms with E-state index < -0.39 is 11.6 Å². The first-order valence-electron chi connectivity index (χ1n) is 9.84. The van der Waals surface area contributed by atoms with E-state index in [0.717, 1.165) is 17.3 Å². The molecule has 2 aromatic carbocycles. The van der Waals surface area contributed by atoms with Gasteiger partial charge in [-0.3, -0.25) is 0 Å². The van der Waals surface area contributed by atoms with Crippen LogP contribution in [-0.2, 0) is 6.61 Å². The average Bonchev–Trinajstić information content (AvgIpc) is 3.17. The number of hydrogen-bond acceptors (Lipinski definition) is 4. The van der Waals surface area contributed by atoms with E-state index in [1.165, 1.54) is 23.0 Å². The summed E-state index contributed by atoms with van der Waals surface area (Å²) in [6.45, 7) is 3.86. The molecule has 8 heteroatoms. The Morgan fingerprint density at radius 2 is 2.00 bits per heavy atom. The van der Waals surface area contributed by atoms with Crippen LogP contribution in [0.5, 0.6) is 5.75 Å². The van der Waals surface area contributed by atoms with Gasteiger partial charge in [0.1, 0.15) is 23.7 Å². The third kappa shape index (κ3) is 4.24. The van der Waals surface area contributed by atoms with Crippen LogP contribution in [0, 0.1) is 18.6 Å². The van der Waals surface area contributed by atoms with Crippen LogP contribution in [0.25, 0.3) is 16.6 Å². The second kappa shape index (κ2) is 8.61. The largest absolute Gasteiger partial charge is 0.487 e. The number of aryl methyl sites for hydroxylation is 1. The van der Waals surface area contributed by atoms with Crippen LogP contribution >= 0.6 is 11.6 Å². The Balaban J connectivity index is 1.75. The summed E-state index contributed by atoms with van der Waals surface area (Å²) in [5.41, 5.74) is 9.43. The zero-order valence-corrected chi connectivity index (χ0v) is 17.8. The molecule has 160 valence electrons. The molecule has 31 heavy (non-hydrogen) atoms. The van der Waals surface area contributed by atoms with Crippen LogP contribution < -0.4 is 10.5 Å². The van der Waals surface area contributed by atoms with Crippen LogP contribution in [-0.4, -0.2) is 14.8 Å². The maximum atomic E-state index is 13.9. The predicted molar refractivity (Wildman–Crippen MR) is 117 cm³/mol. The number of aromatic nitrogens is 3. The fourth-order valence-corrected chi connectivity index (χ4v) is 3.81. The number of para-hydroxylation sites is 1. The predicted octanol–water partition coefficient (Wildman–Crippen LogP) is 5.65. The van der Waals surface area contributed by atoms with Gasteiger partial charge >= 0.3 is 0 Å². The molecule has 0 saturated heterocycles. The van der Waals surface area contributed by atoms with E-state index >= 15 is 0 Å². The molecule has 0 fully saturated rings. The molecule has 5 nitrogen and oxygen atoms in total. The van der Waals surface area contributed by atoms with Gasteiger partial charge in [-0.1, -0.05) is 30.7 Å². The quantitative estimate of drug-likeness (QED) is 0.419. The fraction of sp³-hybridized carbons (Fsp3) is 0.217. The van der Waals surface area contributed by atoms with Crippen LogP contribution in [0.4, 0.5) is 8.78 Å². The van der Waals surface area contributed by atoms with Gasteiger partial charge in [0.05, 0.1) is 23.1 Å². The molecule has 0 aliphatic rings. The minimum atomic E-state index is -0.439. The van der Waals surface area contributed by atoms with Crippen molar-refractivity contribution in [3.05, 3.63) is 82.3 Å². The van der Waals surface area contributed by atoms with Crippen LogP contribution in [0.1, 0.15) is 36.2 Å². The molecular weight excluding hydrogens is 422 g/mol. The Hall–Kier alpha value is -3.03. The van der Waals surface area contributed by atoms with Gasteiger partial charge in [-0.2, -0.15) is 5.10 Å². The van der Waals surface area contributed by atoms with Crippen molar-refractivity contribution in [3.63, 3.8) is 0 Å². The summed E-state index contributed by atoms with van der Waals surface area (Å²) >= 11 is 6.31. The molecule has 0 amide bonds.